The summed E-state index contributed by atoms with van der Waals surface area (Å²) in [6.45, 7) is 4.69. The van der Waals surface area contributed by atoms with E-state index < -0.39 is 15.3 Å². The Morgan fingerprint density at radius 2 is 2.03 bits per heavy atom. The first-order valence-electron chi connectivity index (χ1n) is 11.0. The van der Waals surface area contributed by atoms with Crippen LogP contribution in [0.4, 0.5) is 16.0 Å². The Balaban J connectivity index is 1.39. The normalized spacial score (nSPS) is 17.2. The highest BCUT2D eigenvalue weighted by molar-refractivity contribution is 7.93. The van der Waals surface area contributed by atoms with Crippen molar-refractivity contribution in [3.8, 4) is 5.69 Å². The van der Waals surface area contributed by atoms with Crippen molar-refractivity contribution in [2.24, 2.45) is 5.92 Å². The number of aromatic nitrogens is 4. The summed E-state index contributed by atoms with van der Waals surface area (Å²) in [5.41, 5.74) is 4.59. The smallest absolute Gasteiger partial charge is 0.236 e. The van der Waals surface area contributed by atoms with Gasteiger partial charge >= 0.3 is 0 Å². The Morgan fingerprint density at radius 1 is 1.21 bits per heavy atom. The van der Waals surface area contributed by atoms with Crippen molar-refractivity contribution in [1.29, 1.82) is 0 Å². The summed E-state index contributed by atoms with van der Waals surface area (Å²) in [4.78, 5) is 4.47. The van der Waals surface area contributed by atoms with Gasteiger partial charge < -0.3 is 0 Å². The largest absolute Gasteiger partial charge is 0.292 e. The number of rotatable bonds is 7. The molecule has 1 saturated heterocycles. The summed E-state index contributed by atoms with van der Waals surface area (Å²) in [6, 6.07) is 11.7. The van der Waals surface area contributed by atoms with Crippen LogP contribution in [-0.2, 0) is 16.4 Å². The molecule has 0 spiro atoms. The summed E-state index contributed by atoms with van der Waals surface area (Å²) in [5, 5.41) is 9.71. The average molecular weight is 474 g/mol. The summed E-state index contributed by atoms with van der Waals surface area (Å²) in [6.07, 6.45) is 4.41. The van der Waals surface area contributed by atoms with Gasteiger partial charge in [0, 0.05) is 13.1 Å². The van der Waals surface area contributed by atoms with E-state index in [0.29, 0.717) is 29.8 Å². The molecule has 1 aliphatic heterocycles. The zero-order chi connectivity index (χ0) is 23.4. The molecule has 0 aliphatic carbocycles. The lowest BCUT2D eigenvalue weighted by Crippen LogP contribution is -2.40. The van der Waals surface area contributed by atoms with Gasteiger partial charge in [0.2, 0.25) is 10.0 Å². The molecule has 1 atom stereocenters. The highest BCUT2D eigenvalue weighted by atomic mass is 32.2. The fourth-order valence-electron chi connectivity index (χ4n) is 3.67. The highest BCUT2D eigenvalue weighted by Crippen LogP contribution is 2.21. The molecule has 1 aliphatic rings. The first-order chi connectivity index (χ1) is 15.8. The predicted octanol–water partition coefficient (Wildman–Crippen LogP) is 2.92. The molecule has 11 heteroatoms. The van der Waals surface area contributed by atoms with Crippen LogP contribution >= 0.6 is 0 Å². The van der Waals surface area contributed by atoms with Crippen LogP contribution in [0.3, 0.4) is 0 Å². The number of benzene rings is 1. The summed E-state index contributed by atoms with van der Waals surface area (Å²) in [7, 11) is -3.46. The van der Waals surface area contributed by atoms with E-state index in [9.17, 15) is 12.8 Å². The molecule has 33 heavy (non-hydrogen) atoms. The van der Waals surface area contributed by atoms with Crippen LogP contribution in [0, 0.1) is 11.7 Å². The third-order valence-corrected chi connectivity index (χ3v) is 7.32. The second-order valence-electron chi connectivity index (χ2n) is 8.41. The van der Waals surface area contributed by atoms with Crippen LogP contribution in [0.1, 0.15) is 32.4 Å². The molecule has 3 aromatic rings. The minimum atomic E-state index is -3.46. The van der Waals surface area contributed by atoms with Gasteiger partial charge in [-0.2, -0.15) is 0 Å². The van der Waals surface area contributed by atoms with Crippen LogP contribution in [-0.4, -0.2) is 46.7 Å². The van der Waals surface area contributed by atoms with Crippen molar-refractivity contribution in [3.63, 3.8) is 0 Å². The zero-order valence-electron chi connectivity index (χ0n) is 18.6. The molecule has 4 rings (SSSR count). The Labute approximate surface area is 193 Å². The zero-order valence-corrected chi connectivity index (χ0v) is 19.5. The van der Waals surface area contributed by atoms with Gasteiger partial charge in [0.1, 0.15) is 23.1 Å². The lowest BCUT2D eigenvalue weighted by molar-refractivity contribution is 0.469. The standard InChI is InChI=1S/C22H28FN7O2S/c1-16(2)33(31,32)27-21-10-5-11-22(25-21)29-12-6-7-17(14-24-29)13-18-15-30(28-26-18)20-9-4-3-8-19(20)23/h3-5,8-11,15-17,24H,6-7,12-14H2,1-2H3,(H,25,27). The number of pyridine rings is 1. The first kappa shape index (κ1) is 23.1. The van der Waals surface area contributed by atoms with Gasteiger partial charge in [0.25, 0.3) is 0 Å². The van der Waals surface area contributed by atoms with Crippen LogP contribution < -0.4 is 15.2 Å². The van der Waals surface area contributed by atoms with Gasteiger partial charge in [-0.1, -0.05) is 23.4 Å². The Kier molecular flexibility index (Phi) is 6.89. The van der Waals surface area contributed by atoms with Crippen molar-refractivity contribution < 1.29 is 12.8 Å². The number of sulfonamides is 1. The van der Waals surface area contributed by atoms with Crippen molar-refractivity contribution in [2.75, 3.05) is 22.8 Å². The molecule has 3 heterocycles. The second-order valence-corrected chi connectivity index (χ2v) is 10.6. The van der Waals surface area contributed by atoms with E-state index in [1.54, 1.807) is 50.4 Å². The van der Waals surface area contributed by atoms with Crippen LogP contribution in [0.5, 0.6) is 0 Å². The Morgan fingerprint density at radius 3 is 2.82 bits per heavy atom. The predicted molar refractivity (Wildman–Crippen MR) is 125 cm³/mol. The second kappa shape index (κ2) is 9.84. The van der Waals surface area contributed by atoms with E-state index in [-0.39, 0.29) is 5.82 Å². The lowest BCUT2D eigenvalue weighted by atomic mass is 9.98. The lowest BCUT2D eigenvalue weighted by Gasteiger charge is -2.23. The molecular weight excluding hydrogens is 445 g/mol. The third-order valence-electron chi connectivity index (χ3n) is 5.58. The minimum Gasteiger partial charge on any atom is -0.292 e. The summed E-state index contributed by atoms with van der Waals surface area (Å²) >= 11 is 0. The molecule has 2 N–H and O–H groups in total. The van der Waals surface area contributed by atoms with Crippen molar-refractivity contribution >= 4 is 21.7 Å². The molecular formula is C22H28FN7O2S. The maximum Gasteiger partial charge on any atom is 0.236 e. The van der Waals surface area contributed by atoms with Gasteiger partial charge in [-0.15, -0.1) is 5.10 Å². The Bertz CT molecular complexity index is 1200. The molecule has 1 unspecified atom stereocenters. The van der Waals surface area contributed by atoms with Gasteiger partial charge in [0.15, 0.2) is 0 Å². The number of para-hydroxylation sites is 1. The maximum atomic E-state index is 14.0. The number of hydrogen-bond acceptors (Lipinski definition) is 7. The van der Waals surface area contributed by atoms with Gasteiger partial charge in [-0.25, -0.2) is 27.9 Å². The van der Waals surface area contributed by atoms with Crippen molar-refractivity contribution in [1.82, 2.24) is 25.4 Å². The number of hydrazine groups is 1. The van der Waals surface area contributed by atoms with Gasteiger partial charge in [-0.05, 0) is 63.3 Å². The van der Waals surface area contributed by atoms with Crippen LogP contribution in [0.25, 0.3) is 5.69 Å². The highest BCUT2D eigenvalue weighted by Gasteiger charge is 2.21. The summed E-state index contributed by atoms with van der Waals surface area (Å²) < 4.78 is 42.3. The Hall–Kier alpha value is -3.05. The van der Waals surface area contributed by atoms with Crippen molar-refractivity contribution in [3.05, 3.63) is 60.2 Å². The van der Waals surface area contributed by atoms with E-state index in [1.165, 1.54) is 10.7 Å². The molecule has 2 aromatic heterocycles. The van der Waals surface area contributed by atoms with Crippen LogP contribution in [0.15, 0.2) is 48.7 Å². The number of halogens is 1. The van der Waals surface area contributed by atoms with E-state index in [4.69, 9.17) is 0 Å². The number of nitrogens with zero attached hydrogens (tertiary/aromatic N) is 5. The molecule has 176 valence electrons. The topological polar surface area (TPSA) is 105 Å². The molecule has 0 amide bonds. The fraction of sp³-hybridized carbons (Fsp3) is 0.409. The van der Waals surface area contributed by atoms with Gasteiger partial charge in [-0.3, -0.25) is 9.73 Å². The first-order valence-corrected chi connectivity index (χ1v) is 12.5. The quantitative estimate of drug-likeness (QED) is 0.544. The molecule has 0 bridgehead atoms. The molecule has 1 fully saturated rings. The molecule has 0 radical (unpaired) electrons. The molecule has 9 nitrogen and oxygen atoms in total. The number of nitrogens with one attached hydrogen (secondary N) is 2. The third kappa shape index (κ3) is 5.66. The van der Waals surface area contributed by atoms with Crippen molar-refractivity contribution in [2.45, 2.75) is 38.4 Å². The van der Waals surface area contributed by atoms with E-state index in [2.05, 4.69) is 25.4 Å². The summed E-state index contributed by atoms with van der Waals surface area (Å²) in [5.74, 6) is 0.938. The molecule has 0 saturated carbocycles. The van der Waals surface area contributed by atoms with Gasteiger partial charge in [0.05, 0.1) is 17.1 Å². The number of hydrogen-bond donors (Lipinski definition) is 2. The monoisotopic (exact) mass is 473 g/mol. The van der Waals surface area contributed by atoms with E-state index in [0.717, 1.165) is 31.5 Å². The maximum absolute atomic E-state index is 14.0. The van der Waals surface area contributed by atoms with E-state index in [1.807, 2.05) is 11.1 Å². The number of anilines is 2. The SMILES string of the molecule is CC(C)S(=O)(=O)Nc1cccc(N2CCCC(Cc3cn(-c4ccccc4F)nn3)CN2)n1. The minimum absolute atomic E-state index is 0.300. The fourth-order valence-corrected chi connectivity index (χ4v) is 4.31. The average Bonchev–Trinajstić information content (AvgIpc) is 3.11. The van der Waals surface area contributed by atoms with Crippen LogP contribution in [0.2, 0.25) is 0 Å². The molecule has 1 aromatic carbocycles. The van der Waals surface area contributed by atoms with E-state index >= 15 is 0 Å².